The zero-order valence-electron chi connectivity index (χ0n) is 23.5. The Hall–Kier alpha value is -5.28. The largest absolute Gasteiger partial charge is 0.278 e. The molecule has 42 heavy (non-hydrogen) atoms. The predicted molar refractivity (Wildman–Crippen MR) is 174 cm³/mol. The molecule has 0 radical (unpaired) electrons. The molecule has 9 rings (SSSR count). The fraction of sp³-hybridized carbons (Fsp3) is 0.0769. The summed E-state index contributed by atoms with van der Waals surface area (Å²) in [5.41, 5.74) is 8.80. The molecule has 0 amide bonds. The van der Waals surface area contributed by atoms with Crippen LogP contribution in [0, 0.1) is 0 Å². The lowest BCUT2D eigenvalue weighted by Crippen LogP contribution is -2.18. The molecular weight excluding hydrogens is 510 g/mol. The number of benzene rings is 6. The molecule has 0 N–H and O–H groups in total. The van der Waals surface area contributed by atoms with E-state index in [4.69, 9.17) is 9.97 Å². The van der Waals surface area contributed by atoms with Crippen LogP contribution >= 0.6 is 0 Å². The van der Waals surface area contributed by atoms with E-state index in [0.717, 1.165) is 33.5 Å². The Bertz CT molecular complexity index is 2390. The van der Waals surface area contributed by atoms with Gasteiger partial charge in [-0.3, -0.25) is 4.57 Å². The van der Waals surface area contributed by atoms with Gasteiger partial charge in [-0.25, -0.2) is 9.97 Å². The van der Waals surface area contributed by atoms with E-state index < -0.39 is 0 Å². The van der Waals surface area contributed by atoms with Crippen molar-refractivity contribution in [3.8, 4) is 28.3 Å². The third-order valence-electron chi connectivity index (χ3n) is 9.14. The highest BCUT2D eigenvalue weighted by atomic mass is 15.2. The third kappa shape index (κ3) is 3.11. The Morgan fingerprint density at radius 2 is 1.17 bits per heavy atom. The molecule has 0 spiro atoms. The van der Waals surface area contributed by atoms with Gasteiger partial charge in [0.05, 0.1) is 22.4 Å². The molecule has 1 aliphatic carbocycles. The van der Waals surface area contributed by atoms with Crippen molar-refractivity contribution in [2.75, 3.05) is 0 Å². The van der Waals surface area contributed by atoms with Gasteiger partial charge in [0, 0.05) is 27.3 Å². The summed E-state index contributed by atoms with van der Waals surface area (Å²) in [6, 6.07) is 45.7. The summed E-state index contributed by atoms with van der Waals surface area (Å²) in [4.78, 5) is 11.0. The lowest BCUT2D eigenvalue weighted by Gasteiger charge is -2.21. The lowest BCUT2D eigenvalue weighted by atomic mass is 9.85. The smallest absolute Gasteiger partial charge is 0.235 e. The van der Waals surface area contributed by atoms with Crippen molar-refractivity contribution >= 4 is 43.4 Å². The van der Waals surface area contributed by atoms with E-state index in [2.05, 4.69) is 146 Å². The van der Waals surface area contributed by atoms with Gasteiger partial charge in [0.15, 0.2) is 0 Å². The number of fused-ring (bicyclic) bond motifs is 8. The van der Waals surface area contributed by atoms with Crippen LogP contribution in [0.15, 0.2) is 127 Å². The molecule has 6 aromatic carbocycles. The van der Waals surface area contributed by atoms with E-state index in [1.165, 1.54) is 43.4 Å². The Morgan fingerprint density at radius 1 is 0.524 bits per heavy atom. The second-order valence-corrected chi connectivity index (χ2v) is 11.9. The molecule has 0 aliphatic heterocycles. The van der Waals surface area contributed by atoms with Crippen molar-refractivity contribution in [1.82, 2.24) is 14.5 Å². The molecule has 3 heteroatoms. The summed E-state index contributed by atoms with van der Waals surface area (Å²) < 4.78 is 2.27. The van der Waals surface area contributed by atoms with Crippen LogP contribution in [0.25, 0.3) is 71.7 Å². The van der Waals surface area contributed by atoms with Crippen LogP contribution in [-0.4, -0.2) is 14.5 Å². The van der Waals surface area contributed by atoms with Crippen LogP contribution in [0.2, 0.25) is 0 Å². The van der Waals surface area contributed by atoms with Crippen LogP contribution in [0.3, 0.4) is 0 Å². The second kappa shape index (κ2) is 8.37. The fourth-order valence-corrected chi connectivity index (χ4v) is 7.13. The van der Waals surface area contributed by atoms with E-state index in [0.29, 0.717) is 5.95 Å². The summed E-state index contributed by atoms with van der Waals surface area (Å²) in [5.74, 6) is 0.707. The average molecular weight is 538 g/mol. The maximum absolute atomic E-state index is 5.50. The molecule has 0 saturated heterocycles. The van der Waals surface area contributed by atoms with Crippen LogP contribution in [-0.2, 0) is 5.41 Å². The van der Waals surface area contributed by atoms with Crippen LogP contribution in [0.1, 0.15) is 25.1 Å². The predicted octanol–water partition coefficient (Wildman–Crippen LogP) is 9.85. The molecule has 8 aromatic rings. The summed E-state index contributed by atoms with van der Waals surface area (Å²) in [5, 5.41) is 7.26. The van der Waals surface area contributed by atoms with Crippen molar-refractivity contribution < 1.29 is 0 Å². The van der Waals surface area contributed by atoms with Crippen molar-refractivity contribution in [3.05, 3.63) is 139 Å². The molecule has 3 nitrogen and oxygen atoms in total. The number of rotatable bonds is 2. The maximum atomic E-state index is 5.50. The topological polar surface area (TPSA) is 30.7 Å². The number of hydrogen-bond acceptors (Lipinski definition) is 2. The standard InChI is InChI=1S/C39H27N3/c1-39(2)32-20-9-7-18-30(32)35-36(29-19-11-15-24-12-5-6-16-27(24)29)40-38(41-37(35)39)42-33-21-10-8-17-28(33)31-22-25-13-3-4-14-26(25)23-34(31)42/h3-23H,1-2H3. The number of nitrogens with zero attached hydrogens (tertiary/aromatic N) is 3. The fourth-order valence-electron chi connectivity index (χ4n) is 7.13. The van der Waals surface area contributed by atoms with Crippen molar-refractivity contribution in [2.45, 2.75) is 19.3 Å². The monoisotopic (exact) mass is 537 g/mol. The zero-order valence-corrected chi connectivity index (χ0v) is 23.5. The molecule has 1 aliphatic rings. The van der Waals surface area contributed by atoms with E-state index in [9.17, 15) is 0 Å². The summed E-state index contributed by atoms with van der Waals surface area (Å²) in [6.45, 7) is 4.58. The highest BCUT2D eigenvalue weighted by Gasteiger charge is 2.40. The summed E-state index contributed by atoms with van der Waals surface area (Å²) >= 11 is 0. The molecular formula is C39H27N3. The number of para-hydroxylation sites is 1. The van der Waals surface area contributed by atoms with Gasteiger partial charge in [-0.2, -0.15) is 0 Å². The number of aromatic nitrogens is 3. The molecule has 0 atom stereocenters. The van der Waals surface area contributed by atoms with Gasteiger partial charge in [0.1, 0.15) is 0 Å². The number of hydrogen-bond donors (Lipinski definition) is 0. The first-order valence-electron chi connectivity index (χ1n) is 14.5. The molecule has 2 heterocycles. The van der Waals surface area contributed by atoms with Gasteiger partial charge in [-0.1, -0.05) is 123 Å². The van der Waals surface area contributed by atoms with Gasteiger partial charge in [-0.05, 0) is 50.9 Å². The van der Waals surface area contributed by atoms with Gasteiger partial charge in [0.2, 0.25) is 5.95 Å². The third-order valence-corrected chi connectivity index (χ3v) is 9.14. The Balaban J connectivity index is 1.45. The van der Waals surface area contributed by atoms with E-state index in [1.54, 1.807) is 0 Å². The van der Waals surface area contributed by atoms with Crippen LogP contribution < -0.4 is 0 Å². The molecule has 198 valence electrons. The Morgan fingerprint density at radius 3 is 2.02 bits per heavy atom. The quantitative estimate of drug-likeness (QED) is 0.220. The zero-order chi connectivity index (χ0) is 28.0. The van der Waals surface area contributed by atoms with Crippen LogP contribution in [0.4, 0.5) is 0 Å². The average Bonchev–Trinajstić information content (AvgIpc) is 3.47. The highest BCUT2D eigenvalue weighted by molar-refractivity contribution is 6.13. The van der Waals surface area contributed by atoms with Gasteiger partial charge >= 0.3 is 0 Å². The highest BCUT2D eigenvalue weighted by Crippen LogP contribution is 2.51. The SMILES string of the molecule is CC1(C)c2ccccc2-c2c(-c3cccc4ccccc34)nc(-n3c4ccccc4c4cc5ccccc5cc43)nc21. The molecule has 2 aromatic heterocycles. The maximum Gasteiger partial charge on any atom is 0.235 e. The minimum absolute atomic E-state index is 0.269. The van der Waals surface area contributed by atoms with Crippen LogP contribution in [0.5, 0.6) is 0 Å². The van der Waals surface area contributed by atoms with Gasteiger partial charge in [0.25, 0.3) is 0 Å². The first-order chi connectivity index (χ1) is 20.6. The van der Waals surface area contributed by atoms with Gasteiger partial charge < -0.3 is 0 Å². The molecule has 0 bridgehead atoms. The molecule has 0 unspecified atom stereocenters. The van der Waals surface area contributed by atoms with E-state index in [1.807, 2.05) is 0 Å². The first-order valence-corrected chi connectivity index (χ1v) is 14.5. The minimum atomic E-state index is -0.269. The Kier molecular flexibility index (Phi) is 4.67. The summed E-state index contributed by atoms with van der Waals surface area (Å²) in [6.07, 6.45) is 0. The molecule has 0 fully saturated rings. The molecule has 0 saturated carbocycles. The van der Waals surface area contributed by atoms with Crippen molar-refractivity contribution in [1.29, 1.82) is 0 Å². The lowest BCUT2D eigenvalue weighted by molar-refractivity contribution is 0.632. The van der Waals surface area contributed by atoms with Crippen molar-refractivity contribution in [2.24, 2.45) is 0 Å². The minimum Gasteiger partial charge on any atom is -0.278 e. The normalized spacial score (nSPS) is 13.7. The van der Waals surface area contributed by atoms with E-state index in [-0.39, 0.29) is 5.41 Å². The Labute approximate surface area is 243 Å². The summed E-state index contributed by atoms with van der Waals surface area (Å²) in [7, 11) is 0. The second-order valence-electron chi connectivity index (χ2n) is 11.9. The van der Waals surface area contributed by atoms with Gasteiger partial charge in [-0.15, -0.1) is 0 Å². The van der Waals surface area contributed by atoms with E-state index >= 15 is 0 Å². The first kappa shape index (κ1) is 23.4. The van der Waals surface area contributed by atoms with Crippen molar-refractivity contribution in [3.63, 3.8) is 0 Å².